The van der Waals surface area contributed by atoms with Gasteiger partial charge in [-0.15, -0.1) is 11.6 Å². The van der Waals surface area contributed by atoms with Gasteiger partial charge in [0.05, 0.1) is 5.88 Å². The number of benzene rings is 1. The lowest BCUT2D eigenvalue weighted by molar-refractivity contribution is -0.116. The Morgan fingerprint density at radius 3 is 2.75 bits per heavy atom. The topological polar surface area (TPSA) is 52.3 Å². The number of nitrogens with two attached hydrogens (primary N) is 1. The predicted octanol–water partition coefficient (Wildman–Crippen LogP) is 2.22. The summed E-state index contributed by atoms with van der Waals surface area (Å²) in [6, 6.07) is 4.15. The minimum atomic E-state index is -2.94. The van der Waals surface area contributed by atoms with Gasteiger partial charge in [-0.3, -0.25) is 4.79 Å². The van der Waals surface area contributed by atoms with E-state index in [-0.39, 0.29) is 23.8 Å². The molecule has 6 heteroatoms. The molecular weight excluding hydrogens is 240 g/mol. The number of carbonyl (C=O) groups is 1. The third-order valence-corrected chi connectivity index (χ3v) is 2.14. The van der Waals surface area contributed by atoms with E-state index in [0.29, 0.717) is 11.3 Å². The lowest BCUT2D eigenvalue weighted by Crippen LogP contribution is -2.09. The van der Waals surface area contributed by atoms with Crippen molar-refractivity contribution in [2.24, 2.45) is 0 Å². The van der Waals surface area contributed by atoms with Crippen LogP contribution in [0.1, 0.15) is 5.56 Å². The molecule has 0 fully saturated rings. The zero-order valence-electron chi connectivity index (χ0n) is 8.25. The Morgan fingerprint density at radius 1 is 1.50 bits per heavy atom. The standard InChI is InChI=1S/C10H10ClF2NO2/c11-5-8(15)4-6-3-7(14)1-2-9(6)16-10(12)13/h1-3,10H,4-5,14H2. The lowest BCUT2D eigenvalue weighted by atomic mass is 10.1. The fourth-order valence-corrected chi connectivity index (χ4v) is 1.30. The van der Waals surface area contributed by atoms with E-state index in [0.717, 1.165) is 0 Å². The van der Waals surface area contributed by atoms with E-state index in [2.05, 4.69) is 4.74 Å². The Labute approximate surface area is 96.1 Å². The monoisotopic (exact) mass is 249 g/mol. The molecule has 0 aromatic heterocycles. The van der Waals surface area contributed by atoms with Crippen molar-refractivity contribution in [3.05, 3.63) is 23.8 Å². The van der Waals surface area contributed by atoms with Crippen LogP contribution in [0.5, 0.6) is 5.75 Å². The van der Waals surface area contributed by atoms with Crippen molar-refractivity contribution in [2.75, 3.05) is 11.6 Å². The highest BCUT2D eigenvalue weighted by molar-refractivity contribution is 6.27. The van der Waals surface area contributed by atoms with Crippen LogP contribution in [-0.2, 0) is 11.2 Å². The number of hydrogen-bond donors (Lipinski definition) is 1. The molecule has 0 saturated heterocycles. The Morgan fingerprint density at radius 2 is 2.19 bits per heavy atom. The molecule has 0 aliphatic carbocycles. The molecule has 0 aliphatic heterocycles. The molecule has 3 nitrogen and oxygen atoms in total. The second-order valence-electron chi connectivity index (χ2n) is 3.09. The molecule has 1 rings (SSSR count). The van der Waals surface area contributed by atoms with Crippen LogP contribution in [0.4, 0.5) is 14.5 Å². The first-order chi connectivity index (χ1) is 7.52. The number of halogens is 3. The molecule has 0 spiro atoms. The van der Waals surface area contributed by atoms with Crippen LogP contribution in [0.15, 0.2) is 18.2 Å². The first-order valence-electron chi connectivity index (χ1n) is 4.44. The van der Waals surface area contributed by atoms with Crippen molar-refractivity contribution in [1.29, 1.82) is 0 Å². The summed E-state index contributed by atoms with van der Waals surface area (Å²) < 4.78 is 28.4. The summed E-state index contributed by atoms with van der Waals surface area (Å²) in [6.45, 7) is -2.94. The summed E-state index contributed by atoms with van der Waals surface area (Å²) in [7, 11) is 0. The third-order valence-electron chi connectivity index (χ3n) is 1.84. The molecule has 0 aliphatic rings. The molecular formula is C10H10ClF2NO2. The van der Waals surface area contributed by atoms with Crippen LogP contribution in [0.3, 0.4) is 0 Å². The lowest BCUT2D eigenvalue weighted by Gasteiger charge is -2.10. The predicted molar refractivity (Wildman–Crippen MR) is 56.9 cm³/mol. The molecule has 16 heavy (non-hydrogen) atoms. The highest BCUT2D eigenvalue weighted by Gasteiger charge is 2.12. The molecule has 1 aromatic rings. The van der Waals surface area contributed by atoms with Crippen LogP contribution >= 0.6 is 11.6 Å². The molecule has 0 unspecified atom stereocenters. The van der Waals surface area contributed by atoms with E-state index in [4.69, 9.17) is 17.3 Å². The van der Waals surface area contributed by atoms with Gasteiger partial charge in [-0.05, 0) is 18.2 Å². The number of anilines is 1. The van der Waals surface area contributed by atoms with Gasteiger partial charge in [0.2, 0.25) is 0 Å². The quantitative estimate of drug-likeness (QED) is 0.643. The second-order valence-corrected chi connectivity index (χ2v) is 3.36. The van der Waals surface area contributed by atoms with Gasteiger partial charge in [0, 0.05) is 17.7 Å². The van der Waals surface area contributed by atoms with Crippen molar-refractivity contribution in [2.45, 2.75) is 13.0 Å². The number of ketones is 1. The van der Waals surface area contributed by atoms with E-state index in [1.54, 1.807) is 0 Å². The summed E-state index contributed by atoms with van der Waals surface area (Å²) in [6.07, 6.45) is -0.0728. The Balaban J connectivity index is 2.93. The Kier molecular flexibility index (Phi) is 4.49. The van der Waals surface area contributed by atoms with Crippen LogP contribution < -0.4 is 10.5 Å². The molecule has 0 amide bonds. The van der Waals surface area contributed by atoms with E-state index >= 15 is 0 Å². The van der Waals surface area contributed by atoms with E-state index in [9.17, 15) is 13.6 Å². The van der Waals surface area contributed by atoms with Crippen LogP contribution in [0, 0.1) is 0 Å². The largest absolute Gasteiger partial charge is 0.435 e. The fraction of sp³-hybridized carbons (Fsp3) is 0.300. The van der Waals surface area contributed by atoms with Crippen LogP contribution in [0.25, 0.3) is 0 Å². The van der Waals surface area contributed by atoms with Gasteiger partial charge in [0.25, 0.3) is 0 Å². The highest BCUT2D eigenvalue weighted by atomic mass is 35.5. The maximum Gasteiger partial charge on any atom is 0.387 e. The number of nitrogen functional groups attached to an aromatic ring is 1. The number of ether oxygens (including phenoxy) is 1. The van der Waals surface area contributed by atoms with Gasteiger partial charge in [-0.2, -0.15) is 8.78 Å². The zero-order chi connectivity index (χ0) is 12.1. The molecule has 0 saturated carbocycles. The minimum absolute atomic E-state index is 0.0531. The zero-order valence-corrected chi connectivity index (χ0v) is 9.01. The fourth-order valence-electron chi connectivity index (χ4n) is 1.21. The molecule has 0 radical (unpaired) electrons. The van der Waals surface area contributed by atoms with Gasteiger partial charge < -0.3 is 10.5 Å². The molecule has 0 heterocycles. The van der Waals surface area contributed by atoms with E-state index < -0.39 is 6.61 Å². The van der Waals surface area contributed by atoms with Crippen molar-refractivity contribution in [3.8, 4) is 5.75 Å². The molecule has 1 aromatic carbocycles. The minimum Gasteiger partial charge on any atom is -0.435 e. The van der Waals surface area contributed by atoms with Crippen molar-refractivity contribution in [3.63, 3.8) is 0 Å². The van der Waals surface area contributed by atoms with Gasteiger partial charge in [0.1, 0.15) is 5.75 Å². The number of Topliss-reactive ketones (excluding diaryl/α,β-unsaturated/α-hetero) is 1. The average Bonchev–Trinajstić information content (AvgIpc) is 2.21. The Bertz CT molecular complexity index is 385. The number of carbonyl (C=O) groups excluding carboxylic acids is 1. The second kappa shape index (κ2) is 5.65. The number of rotatable bonds is 5. The molecule has 88 valence electrons. The first kappa shape index (κ1) is 12.7. The summed E-state index contributed by atoms with van der Waals surface area (Å²) >= 11 is 5.33. The van der Waals surface area contributed by atoms with Gasteiger partial charge in [-0.25, -0.2) is 0 Å². The van der Waals surface area contributed by atoms with Crippen molar-refractivity contribution in [1.82, 2.24) is 0 Å². The number of hydrogen-bond acceptors (Lipinski definition) is 3. The first-order valence-corrected chi connectivity index (χ1v) is 4.97. The average molecular weight is 250 g/mol. The molecule has 0 atom stereocenters. The highest BCUT2D eigenvalue weighted by Crippen LogP contribution is 2.24. The summed E-state index contributed by atoms with van der Waals surface area (Å²) in [5, 5.41) is 0. The molecule has 2 N–H and O–H groups in total. The SMILES string of the molecule is Nc1ccc(OC(F)F)c(CC(=O)CCl)c1. The smallest absolute Gasteiger partial charge is 0.387 e. The van der Waals surface area contributed by atoms with E-state index in [1.165, 1.54) is 18.2 Å². The van der Waals surface area contributed by atoms with Crippen molar-refractivity contribution >= 4 is 23.1 Å². The van der Waals surface area contributed by atoms with Gasteiger partial charge >= 0.3 is 6.61 Å². The maximum absolute atomic E-state index is 12.1. The van der Waals surface area contributed by atoms with Crippen LogP contribution in [-0.4, -0.2) is 18.3 Å². The summed E-state index contributed by atoms with van der Waals surface area (Å²) in [4.78, 5) is 11.1. The third kappa shape index (κ3) is 3.66. The Hall–Kier alpha value is -1.36. The number of alkyl halides is 3. The van der Waals surface area contributed by atoms with Gasteiger partial charge in [-0.1, -0.05) is 0 Å². The van der Waals surface area contributed by atoms with E-state index in [1.807, 2.05) is 0 Å². The van der Waals surface area contributed by atoms with Crippen LogP contribution in [0.2, 0.25) is 0 Å². The summed E-state index contributed by atoms with van der Waals surface area (Å²) in [5.41, 5.74) is 6.17. The maximum atomic E-state index is 12.1. The van der Waals surface area contributed by atoms with Crippen molar-refractivity contribution < 1.29 is 18.3 Å². The summed E-state index contributed by atoms with van der Waals surface area (Å²) in [5.74, 6) is -0.517. The normalized spacial score (nSPS) is 10.5. The molecule has 0 bridgehead atoms. The van der Waals surface area contributed by atoms with Gasteiger partial charge in [0.15, 0.2) is 5.78 Å².